The quantitative estimate of drug-likeness (QED) is 0.631. The molecule has 0 saturated heterocycles. The number of halogens is 1. The number of aromatic nitrogens is 1. The summed E-state index contributed by atoms with van der Waals surface area (Å²) in [5.41, 5.74) is 1.39. The van der Waals surface area contributed by atoms with Crippen LogP contribution in [0.5, 0.6) is 0 Å². The van der Waals surface area contributed by atoms with Crippen molar-refractivity contribution in [3.63, 3.8) is 0 Å². The molecule has 0 aliphatic heterocycles. The van der Waals surface area contributed by atoms with E-state index in [2.05, 4.69) is 9.71 Å². The SMILES string of the molecule is Cc1cnccc1NS(=O)(=O)CCCCCl. The van der Waals surface area contributed by atoms with Crippen molar-refractivity contribution in [3.8, 4) is 0 Å². The number of sulfonamides is 1. The van der Waals surface area contributed by atoms with E-state index in [0.29, 0.717) is 24.4 Å². The van der Waals surface area contributed by atoms with E-state index in [1.807, 2.05) is 6.92 Å². The molecule has 0 atom stereocenters. The lowest BCUT2D eigenvalue weighted by atomic mass is 10.3. The molecular weight excluding hydrogens is 248 g/mol. The molecule has 90 valence electrons. The van der Waals surface area contributed by atoms with Gasteiger partial charge in [0.25, 0.3) is 0 Å². The Labute approximate surface area is 101 Å². The Hall–Kier alpha value is -0.810. The van der Waals surface area contributed by atoms with E-state index in [0.717, 1.165) is 5.56 Å². The van der Waals surface area contributed by atoms with Crippen molar-refractivity contribution < 1.29 is 8.42 Å². The van der Waals surface area contributed by atoms with Gasteiger partial charge in [0.05, 0.1) is 11.4 Å². The Kier molecular flexibility index (Phi) is 5.02. The van der Waals surface area contributed by atoms with Crippen molar-refractivity contribution in [1.29, 1.82) is 0 Å². The lowest BCUT2D eigenvalue weighted by Gasteiger charge is -2.09. The average Bonchev–Trinajstić information content (AvgIpc) is 2.21. The first kappa shape index (κ1) is 13.3. The summed E-state index contributed by atoms with van der Waals surface area (Å²) in [7, 11) is -3.27. The number of hydrogen-bond acceptors (Lipinski definition) is 3. The molecule has 1 aromatic heterocycles. The maximum Gasteiger partial charge on any atom is 0.232 e. The van der Waals surface area contributed by atoms with Crippen LogP contribution in [0.3, 0.4) is 0 Å². The molecule has 6 heteroatoms. The van der Waals surface area contributed by atoms with Crippen molar-refractivity contribution in [2.24, 2.45) is 0 Å². The highest BCUT2D eigenvalue weighted by molar-refractivity contribution is 7.92. The molecule has 0 unspecified atom stereocenters. The Morgan fingerprint density at radius 3 is 2.81 bits per heavy atom. The van der Waals surface area contributed by atoms with Crippen LogP contribution in [0.15, 0.2) is 18.5 Å². The highest BCUT2D eigenvalue weighted by Gasteiger charge is 2.10. The van der Waals surface area contributed by atoms with Crippen LogP contribution in [0.4, 0.5) is 5.69 Å². The Balaban J connectivity index is 2.63. The molecule has 0 amide bonds. The molecule has 0 spiro atoms. The van der Waals surface area contributed by atoms with Crippen LogP contribution >= 0.6 is 11.6 Å². The summed E-state index contributed by atoms with van der Waals surface area (Å²) in [6.45, 7) is 1.81. The van der Waals surface area contributed by atoms with Crippen molar-refractivity contribution in [3.05, 3.63) is 24.0 Å². The third kappa shape index (κ3) is 4.37. The molecule has 16 heavy (non-hydrogen) atoms. The summed E-state index contributed by atoms with van der Waals surface area (Å²) in [6.07, 6.45) is 4.46. The van der Waals surface area contributed by atoms with Crippen molar-refractivity contribution in [1.82, 2.24) is 4.98 Å². The van der Waals surface area contributed by atoms with E-state index in [1.54, 1.807) is 18.5 Å². The lowest BCUT2D eigenvalue weighted by Crippen LogP contribution is -2.17. The maximum absolute atomic E-state index is 11.7. The minimum atomic E-state index is -3.27. The van der Waals surface area contributed by atoms with Gasteiger partial charge in [-0.2, -0.15) is 0 Å². The minimum Gasteiger partial charge on any atom is -0.283 e. The largest absolute Gasteiger partial charge is 0.283 e. The normalized spacial score (nSPS) is 11.4. The monoisotopic (exact) mass is 262 g/mol. The number of anilines is 1. The minimum absolute atomic E-state index is 0.0987. The van der Waals surface area contributed by atoms with E-state index >= 15 is 0 Å². The van der Waals surface area contributed by atoms with Gasteiger partial charge in [0.2, 0.25) is 10.0 Å². The summed E-state index contributed by atoms with van der Waals surface area (Å²) in [5.74, 6) is 0.589. The molecule has 1 aromatic rings. The second kappa shape index (κ2) is 6.06. The third-order valence-electron chi connectivity index (χ3n) is 2.08. The predicted octanol–water partition coefficient (Wildman–Crippen LogP) is 2.15. The molecule has 1 N–H and O–H groups in total. The van der Waals surface area contributed by atoms with Crippen LogP contribution in [0.2, 0.25) is 0 Å². The van der Waals surface area contributed by atoms with Crippen molar-refractivity contribution in [2.45, 2.75) is 19.8 Å². The molecule has 0 saturated carbocycles. The first-order valence-electron chi connectivity index (χ1n) is 5.02. The number of aryl methyl sites for hydroxylation is 1. The number of alkyl halides is 1. The average molecular weight is 263 g/mol. The maximum atomic E-state index is 11.7. The second-order valence-corrected chi connectivity index (χ2v) is 5.73. The number of nitrogens with one attached hydrogen (secondary N) is 1. The van der Waals surface area contributed by atoms with Gasteiger partial charge in [0, 0.05) is 18.3 Å². The van der Waals surface area contributed by atoms with Crippen LogP contribution in [-0.2, 0) is 10.0 Å². The molecule has 0 aromatic carbocycles. The van der Waals surface area contributed by atoms with Gasteiger partial charge in [-0.05, 0) is 31.4 Å². The molecule has 0 bridgehead atoms. The van der Waals surface area contributed by atoms with Gasteiger partial charge < -0.3 is 0 Å². The smallest absolute Gasteiger partial charge is 0.232 e. The van der Waals surface area contributed by atoms with Crippen LogP contribution in [0, 0.1) is 6.92 Å². The highest BCUT2D eigenvalue weighted by Crippen LogP contribution is 2.14. The van der Waals surface area contributed by atoms with E-state index < -0.39 is 10.0 Å². The standard InChI is InChI=1S/C10H15ClN2O2S/c1-9-8-12-6-4-10(9)13-16(14,15)7-3-2-5-11/h4,6,8H,2-3,5,7H2,1H3,(H,12,13). The topological polar surface area (TPSA) is 59.1 Å². The first-order valence-corrected chi connectivity index (χ1v) is 7.21. The molecule has 0 fully saturated rings. The van der Waals surface area contributed by atoms with Gasteiger partial charge >= 0.3 is 0 Å². The van der Waals surface area contributed by atoms with E-state index in [9.17, 15) is 8.42 Å². The fourth-order valence-corrected chi connectivity index (χ4v) is 2.63. The summed E-state index contributed by atoms with van der Waals surface area (Å²) in [6, 6.07) is 1.65. The Morgan fingerprint density at radius 1 is 1.44 bits per heavy atom. The highest BCUT2D eigenvalue weighted by atomic mass is 35.5. The van der Waals surface area contributed by atoms with Gasteiger partial charge in [-0.25, -0.2) is 8.42 Å². The number of unbranched alkanes of at least 4 members (excludes halogenated alkanes) is 1. The van der Waals surface area contributed by atoms with Crippen LogP contribution in [0.1, 0.15) is 18.4 Å². The van der Waals surface area contributed by atoms with E-state index in [-0.39, 0.29) is 5.75 Å². The van der Waals surface area contributed by atoms with Crippen molar-refractivity contribution in [2.75, 3.05) is 16.4 Å². The number of hydrogen-bond donors (Lipinski definition) is 1. The fraction of sp³-hybridized carbons (Fsp3) is 0.500. The zero-order chi connectivity index (χ0) is 12.0. The number of rotatable bonds is 6. The zero-order valence-electron chi connectivity index (χ0n) is 9.11. The van der Waals surface area contributed by atoms with Gasteiger partial charge in [0.15, 0.2) is 0 Å². The molecule has 0 aliphatic carbocycles. The van der Waals surface area contributed by atoms with Crippen LogP contribution in [-0.4, -0.2) is 25.0 Å². The number of nitrogens with zero attached hydrogens (tertiary/aromatic N) is 1. The third-order valence-corrected chi connectivity index (χ3v) is 3.71. The zero-order valence-corrected chi connectivity index (χ0v) is 10.7. The van der Waals surface area contributed by atoms with Gasteiger partial charge in [-0.1, -0.05) is 0 Å². The van der Waals surface area contributed by atoms with E-state index in [4.69, 9.17) is 11.6 Å². The van der Waals surface area contributed by atoms with Gasteiger partial charge in [-0.3, -0.25) is 9.71 Å². The Bertz CT molecular complexity index is 434. The molecule has 1 rings (SSSR count). The van der Waals surface area contributed by atoms with Crippen LogP contribution in [0.25, 0.3) is 0 Å². The molecule has 4 nitrogen and oxygen atoms in total. The van der Waals surface area contributed by atoms with E-state index in [1.165, 1.54) is 0 Å². The van der Waals surface area contributed by atoms with Gasteiger partial charge in [-0.15, -0.1) is 11.6 Å². The fourth-order valence-electron chi connectivity index (χ4n) is 1.19. The van der Waals surface area contributed by atoms with Crippen molar-refractivity contribution >= 4 is 27.3 Å². The summed E-state index contributed by atoms with van der Waals surface area (Å²) in [5, 5.41) is 0. The first-order chi connectivity index (χ1) is 7.55. The molecular formula is C10H15ClN2O2S. The predicted molar refractivity (Wildman–Crippen MR) is 66.3 cm³/mol. The molecule has 0 radical (unpaired) electrons. The number of pyridine rings is 1. The summed E-state index contributed by atoms with van der Waals surface area (Å²) in [4.78, 5) is 3.90. The molecule has 1 heterocycles. The summed E-state index contributed by atoms with van der Waals surface area (Å²) >= 11 is 5.49. The second-order valence-electron chi connectivity index (χ2n) is 3.51. The Morgan fingerprint density at radius 2 is 2.19 bits per heavy atom. The summed E-state index contributed by atoms with van der Waals surface area (Å²) < 4.78 is 25.8. The molecule has 0 aliphatic rings. The van der Waals surface area contributed by atoms with Crippen LogP contribution < -0.4 is 4.72 Å². The lowest BCUT2D eigenvalue weighted by molar-refractivity contribution is 0.598. The van der Waals surface area contributed by atoms with Gasteiger partial charge in [0.1, 0.15) is 0 Å².